The molecule has 6 heteroatoms. The van der Waals surface area contributed by atoms with E-state index in [0.717, 1.165) is 37.2 Å². The van der Waals surface area contributed by atoms with Crippen molar-refractivity contribution in [3.63, 3.8) is 0 Å². The third-order valence-electron chi connectivity index (χ3n) is 4.06. The van der Waals surface area contributed by atoms with E-state index in [0.29, 0.717) is 6.42 Å². The topological polar surface area (TPSA) is 41.5 Å². The number of rotatable bonds is 5. The van der Waals surface area contributed by atoms with Crippen molar-refractivity contribution in [3.05, 3.63) is 35.4 Å². The average Bonchev–Trinajstić information content (AvgIpc) is 2.97. The lowest BCUT2D eigenvalue weighted by molar-refractivity contribution is -0.137. The second-order valence-corrected chi connectivity index (χ2v) is 5.44. The van der Waals surface area contributed by atoms with Gasteiger partial charge in [0.15, 0.2) is 6.29 Å². The SMILES string of the molecule is COC(O)[C@@H](Cc1ccc(C(F)(F)F)cc1)[C@H]1CCNC1. The number of alkyl halides is 3. The summed E-state index contributed by atoms with van der Waals surface area (Å²) in [6, 6.07) is 5.11. The van der Waals surface area contributed by atoms with Crippen molar-refractivity contribution in [2.75, 3.05) is 20.2 Å². The molecular weight excluding hydrogens is 283 g/mol. The van der Waals surface area contributed by atoms with E-state index in [4.69, 9.17) is 4.74 Å². The summed E-state index contributed by atoms with van der Waals surface area (Å²) in [5.74, 6) is 0.143. The van der Waals surface area contributed by atoms with Gasteiger partial charge in [0.25, 0.3) is 0 Å². The Hall–Kier alpha value is -1.11. The molecule has 2 rings (SSSR count). The Bertz CT molecular complexity index is 441. The molecule has 0 aliphatic carbocycles. The van der Waals surface area contributed by atoms with Gasteiger partial charge in [-0.1, -0.05) is 12.1 Å². The molecule has 3 atom stereocenters. The number of ether oxygens (including phenoxy) is 1. The van der Waals surface area contributed by atoms with Gasteiger partial charge in [0, 0.05) is 13.0 Å². The van der Waals surface area contributed by atoms with Crippen LogP contribution in [0.1, 0.15) is 17.5 Å². The first kappa shape index (κ1) is 16.3. The minimum atomic E-state index is -4.32. The molecule has 1 fully saturated rings. The van der Waals surface area contributed by atoms with E-state index in [9.17, 15) is 18.3 Å². The summed E-state index contributed by atoms with van der Waals surface area (Å²) in [7, 11) is 1.44. The largest absolute Gasteiger partial charge is 0.416 e. The van der Waals surface area contributed by atoms with E-state index in [1.807, 2.05) is 0 Å². The second kappa shape index (κ2) is 6.77. The maximum Gasteiger partial charge on any atom is 0.416 e. The molecule has 0 bridgehead atoms. The summed E-state index contributed by atoms with van der Waals surface area (Å²) in [5.41, 5.74) is 0.119. The van der Waals surface area contributed by atoms with Gasteiger partial charge < -0.3 is 15.2 Å². The summed E-state index contributed by atoms with van der Waals surface area (Å²) in [5, 5.41) is 13.2. The van der Waals surface area contributed by atoms with E-state index in [1.165, 1.54) is 19.2 Å². The van der Waals surface area contributed by atoms with Crippen molar-refractivity contribution in [2.24, 2.45) is 11.8 Å². The number of halogens is 3. The lowest BCUT2D eigenvalue weighted by Gasteiger charge is -2.27. The molecule has 21 heavy (non-hydrogen) atoms. The van der Waals surface area contributed by atoms with Gasteiger partial charge in [0.1, 0.15) is 0 Å². The minimum absolute atomic E-state index is 0.123. The van der Waals surface area contributed by atoms with Crippen LogP contribution in [0.2, 0.25) is 0 Å². The third-order valence-corrected chi connectivity index (χ3v) is 4.06. The molecular formula is C15H20F3NO2. The molecule has 1 aliphatic heterocycles. The quantitative estimate of drug-likeness (QED) is 0.821. The van der Waals surface area contributed by atoms with Gasteiger partial charge in [-0.3, -0.25) is 0 Å². The van der Waals surface area contributed by atoms with Crippen LogP contribution in [0.3, 0.4) is 0 Å². The van der Waals surface area contributed by atoms with Crippen LogP contribution >= 0.6 is 0 Å². The Morgan fingerprint density at radius 3 is 2.48 bits per heavy atom. The van der Waals surface area contributed by atoms with Gasteiger partial charge in [-0.15, -0.1) is 0 Å². The fourth-order valence-electron chi connectivity index (χ4n) is 2.82. The molecule has 0 spiro atoms. The Kier molecular flexibility index (Phi) is 5.24. The Labute approximate surface area is 122 Å². The van der Waals surface area contributed by atoms with Gasteiger partial charge in [-0.05, 0) is 49.5 Å². The van der Waals surface area contributed by atoms with Gasteiger partial charge in [-0.25, -0.2) is 0 Å². The molecule has 0 saturated carbocycles. The Morgan fingerprint density at radius 2 is 2.00 bits per heavy atom. The van der Waals surface area contributed by atoms with Crippen LogP contribution in [0.25, 0.3) is 0 Å². The van der Waals surface area contributed by atoms with E-state index >= 15 is 0 Å². The molecule has 0 radical (unpaired) electrons. The highest BCUT2D eigenvalue weighted by Crippen LogP contribution is 2.31. The highest BCUT2D eigenvalue weighted by molar-refractivity contribution is 5.25. The molecule has 1 aromatic rings. The molecule has 1 heterocycles. The van der Waals surface area contributed by atoms with Gasteiger partial charge in [0.05, 0.1) is 5.56 Å². The van der Waals surface area contributed by atoms with Crippen molar-refractivity contribution < 1.29 is 23.0 Å². The van der Waals surface area contributed by atoms with E-state index in [2.05, 4.69) is 5.32 Å². The highest BCUT2D eigenvalue weighted by atomic mass is 19.4. The normalized spacial score (nSPS) is 22.2. The maximum absolute atomic E-state index is 12.5. The van der Waals surface area contributed by atoms with E-state index in [1.54, 1.807) is 0 Å². The van der Waals surface area contributed by atoms with Crippen LogP contribution < -0.4 is 5.32 Å². The summed E-state index contributed by atoms with van der Waals surface area (Å²) >= 11 is 0. The smallest absolute Gasteiger partial charge is 0.368 e. The predicted octanol–water partition coefficient (Wildman–Crippen LogP) is 2.44. The molecule has 0 aromatic heterocycles. The first-order valence-corrected chi connectivity index (χ1v) is 6.99. The number of nitrogens with one attached hydrogen (secondary N) is 1. The molecule has 1 aromatic carbocycles. The first-order valence-electron chi connectivity index (χ1n) is 6.99. The molecule has 0 amide bonds. The number of aliphatic hydroxyl groups is 1. The van der Waals surface area contributed by atoms with Crippen molar-refractivity contribution in [1.82, 2.24) is 5.32 Å². The number of benzene rings is 1. The van der Waals surface area contributed by atoms with E-state index < -0.39 is 18.0 Å². The zero-order chi connectivity index (χ0) is 15.5. The van der Waals surface area contributed by atoms with Crippen molar-refractivity contribution >= 4 is 0 Å². The highest BCUT2D eigenvalue weighted by Gasteiger charge is 2.32. The van der Waals surface area contributed by atoms with Crippen LogP contribution in [0, 0.1) is 11.8 Å². The maximum atomic E-state index is 12.5. The van der Waals surface area contributed by atoms with Crippen LogP contribution in [-0.2, 0) is 17.3 Å². The molecule has 2 N–H and O–H groups in total. The monoisotopic (exact) mass is 303 g/mol. The lowest BCUT2D eigenvalue weighted by Crippen LogP contribution is -2.32. The van der Waals surface area contributed by atoms with Gasteiger partial charge in [0.2, 0.25) is 0 Å². The molecule has 1 unspecified atom stereocenters. The van der Waals surface area contributed by atoms with Gasteiger partial charge >= 0.3 is 6.18 Å². The van der Waals surface area contributed by atoms with Gasteiger partial charge in [-0.2, -0.15) is 13.2 Å². The Balaban J connectivity index is 2.09. The van der Waals surface area contributed by atoms with Crippen molar-refractivity contribution in [2.45, 2.75) is 25.3 Å². The fraction of sp³-hybridized carbons (Fsp3) is 0.600. The molecule has 1 aliphatic rings. The lowest BCUT2D eigenvalue weighted by atomic mass is 9.85. The van der Waals surface area contributed by atoms with Crippen molar-refractivity contribution in [1.29, 1.82) is 0 Å². The number of methoxy groups -OCH3 is 1. The second-order valence-electron chi connectivity index (χ2n) is 5.44. The predicted molar refractivity (Wildman–Crippen MR) is 72.6 cm³/mol. The molecule has 1 saturated heterocycles. The number of hydrogen-bond donors (Lipinski definition) is 2. The first-order chi connectivity index (χ1) is 9.91. The summed E-state index contributed by atoms with van der Waals surface area (Å²) in [4.78, 5) is 0. The van der Waals surface area contributed by atoms with Crippen LogP contribution in [-0.4, -0.2) is 31.6 Å². The zero-order valence-electron chi connectivity index (χ0n) is 11.9. The fourth-order valence-corrected chi connectivity index (χ4v) is 2.82. The van der Waals surface area contributed by atoms with Crippen LogP contribution in [0.5, 0.6) is 0 Å². The minimum Gasteiger partial charge on any atom is -0.368 e. The average molecular weight is 303 g/mol. The summed E-state index contributed by atoms with van der Waals surface area (Å²) in [6.07, 6.45) is -3.79. The Morgan fingerprint density at radius 1 is 1.33 bits per heavy atom. The van der Waals surface area contributed by atoms with Crippen LogP contribution in [0.15, 0.2) is 24.3 Å². The number of hydrogen-bond acceptors (Lipinski definition) is 3. The molecule has 3 nitrogen and oxygen atoms in total. The van der Waals surface area contributed by atoms with Crippen LogP contribution in [0.4, 0.5) is 13.2 Å². The number of aliphatic hydroxyl groups excluding tert-OH is 1. The van der Waals surface area contributed by atoms with E-state index in [-0.39, 0.29) is 11.8 Å². The zero-order valence-corrected chi connectivity index (χ0v) is 11.9. The third kappa shape index (κ3) is 4.18. The van der Waals surface area contributed by atoms with Crippen molar-refractivity contribution in [3.8, 4) is 0 Å². The summed E-state index contributed by atoms with van der Waals surface area (Å²) in [6.45, 7) is 1.69. The standard InChI is InChI=1S/C15H20F3NO2/c1-21-14(20)13(11-6-7-19-9-11)8-10-2-4-12(5-3-10)15(16,17)18/h2-5,11,13-14,19-20H,6-9H2,1H3/t11-,13-,14?/m0/s1. The molecule has 118 valence electrons. The summed E-state index contributed by atoms with van der Waals surface area (Å²) < 4.78 is 42.6.